The van der Waals surface area contributed by atoms with Crippen LogP contribution in [0.5, 0.6) is 0 Å². The SMILES string of the molecule is CCO[PH](=O)N(c1ccccc1)c1ccc([C@@H]2O[C@@H]2C)cc1. The zero-order chi connectivity index (χ0) is 15.5. The minimum absolute atomic E-state index is 0.197. The Morgan fingerprint density at radius 1 is 1.09 bits per heavy atom. The third-order valence-electron chi connectivity index (χ3n) is 3.66. The lowest BCUT2D eigenvalue weighted by atomic mass is 10.1. The van der Waals surface area contributed by atoms with Crippen LogP contribution in [0.2, 0.25) is 0 Å². The van der Waals surface area contributed by atoms with E-state index in [2.05, 4.69) is 6.92 Å². The minimum atomic E-state index is -2.36. The highest BCUT2D eigenvalue weighted by Gasteiger charge is 2.35. The third kappa shape index (κ3) is 3.25. The first-order chi connectivity index (χ1) is 10.7. The summed E-state index contributed by atoms with van der Waals surface area (Å²) in [4.78, 5) is 0. The topological polar surface area (TPSA) is 42.1 Å². The molecule has 0 bridgehead atoms. The molecule has 0 radical (unpaired) electrons. The Morgan fingerprint density at radius 3 is 2.23 bits per heavy atom. The van der Waals surface area contributed by atoms with E-state index < -0.39 is 8.18 Å². The van der Waals surface area contributed by atoms with Gasteiger partial charge in [0.15, 0.2) is 0 Å². The van der Waals surface area contributed by atoms with Crippen LogP contribution in [-0.2, 0) is 13.8 Å². The van der Waals surface area contributed by atoms with Crippen molar-refractivity contribution in [3.05, 3.63) is 60.2 Å². The molecular formula is C17H20NO3P. The van der Waals surface area contributed by atoms with Crippen LogP contribution in [0.25, 0.3) is 0 Å². The number of nitrogens with zero attached hydrogens (tertiary/aromatic N) is 1. The summed E-state index contributed by atoms with van der Waals surface area (Å²) in [5.74, 6) is 0. The summed E-state index contributed by atoms with van der Waals surface area (Å²) in [6.07, 6.45) is 0.488. The van der Waals surface area contributed by atoms with Crippen molar-refractivity contribution >= 4 is 19.6 Å². The van der Waals surface area contributed by atoms with E-state index in [0.717, 1.165) is 16.9 Å². The molecule has 0 saturated carbocycles. The van der Waals surface area contributed by atoms with Gasteiger partial charge in [-0.15, -0.1) is 0 Å². The average Bonchev–Trinajstić information content (AvgIpc) is 3.26. The van der Waals surface area contributed by atoms with Gasteiger partial charge in [-0.2, -0.15) is 0 Å². The number of epoxide rings is 1. The second-order valence-electron chi connectivity index (χ2n) is 5.22. The van der Waals surface area contributed by atoms with Crippen molar-refractivity contribution in [1.29, 1.82) is 0 Å². The second kappa shape index (κ2) is 6.66. The van der Waals surface area contributed by atoms with Crippen LogP contribution in [0.1, 0.15) is 25.5 Å². The summed E-state index contributed by atoms with van der Waals surface area (Å²) in [7, 11) is -2.36. The molecular weight excluding hydrogens is 297 g/mol. The van der Waals surface area contributed by atoms with Crippen molar-refractivity contribution in [1.82, 2.24) is 0 Å². The number of hydrogen-bond acceptors (Lipinski definition) is 3. The van der Waals surface area contributed by atoms with Crippen LogP contribution >= 0.6 is 8.18 Å². The quantitative estimate of drug-likeness (QED) is 0.571. The van der Waals surface area contributed by atoms with Crippen LogP contribution in [0, 0.1) is 0 Å². The van der Waals surface area contributed by atoms with E-state index in [1.54, 1.807) is 4.67 Å². The van der Waals surface area contributed by atoms with Crippen LogP contribution in [0.3, 0.4) is 0 Å². The highest BCUT2D eigenvalue weighted by Crippen LogP contribution is 2.43. The zero-order valence-corrected chi connectivity index (χ0v) is 13.7. The normalized spacial score (nSPS) is 21.4. The van der Waals surface area contributed by atoms with E-state index in [1.807, 2.05) is 61.5 Å². The van der Waals surface area contributed by atoms with Crippen molar-refractivity contribution in [3.63, 3.8) is 0 Å². The lowest BCUT2D eigenvalue weighted by Crippen LogP contribution is -2.08. The summed E-state index contributed by atoms with van der Waals surface area (Å²) in [6, 6.07) is 17.7. The molecule has 1 unspecified atom stereocenters. The number of rotatable bonds is 6. The van der Waals surface area contributed by atoms with Crippen molar-refractivity contribution in [2.75, 3.05) is 11.3 Å². The summed E-state index contributed by atoms with van der Waals surface area (Å²) in [6.45, 7) is 4.33. The molecule has 2 aromatic carbocycles. The van der Waals surface area contributed by atoms with E-state index in [9.17, 15) is 4.57 Å². The second-order valence-corrected chi connectivity index (χ2v) is 6.49. The van der Waals surface area contributed by atoms with Gasteiger partial charge in [-0.25, -0.2) is 0 Å². The van der Waals surface area contributed by atoms with Gasteiger partial charge in [0.25, 0.3) is 8.18 Å². The molecule has 1 saturated heterocycles. The molecule has 1 fully saturated rings. The highest BCUT2D eigenvalue weighted by molar-refractivity contribution is 7.41. The molecule has 0 spiro atoms. The van der Waals surface area contributed by atoms with E-state index in [-0.39, 0.29) is 6.10 Å². The van der Waals surface area contributed by atoms with Crippen molar-refractivity contribution in [2.45, 2.75) is 26.1 Å². The fourth-order valence-corrected chi connectivity index (χ4v) is 3.57. The highest BCUT2D eigenvalue weighted by atomic mass is 31.1. The molecule has 0 N–H and O–H groups in total. The molecule has 1 heterocycles. The van der Waals surface area contributed by atoms with Gasteiger partial charge < -0.3 is 9.26 Å². The predicted octanol–water partition coefficient (Wildman–Crippen LogP) is 4.71. The largest absolute Gasteiger partial charge is 0.365 e. The van der Waals surface area contributed by atoms with Gasteiger partial charge in [0.2, 0.25) is 0 Å². The van der Waals surface area contributed by atoms with E-state index in [1.165, 1.54) is 0 Å². The van der Waals surface area contributed by atoms with Gasteiger partial charge >= 0.3 is 0 Å². The smallest absolute Gasteiger partial charge is 0.289 e. The van der Waals surface area contributed by atoms with Crippen molar-refractivity contribution in [2.24, 2.45) is 0 Å². The fraction of sp³-hybridized carbons (Fsp3) is 0.294. The molecule has 0 aliphatic carbocycles. The van der Waals surface area contributed by atoms with Gasteiger partial charge in [0.05, 0.1) is 12.7 Å². The van der Waals surface area contributed by atoms with Crippen LogP contribution in [-0.4, -0.2) is 12.7 Å². The first-order valence-electron chi connectivity index (χ1n) is 7.48. The Balaban J connectivity index is 1.90. The maximum absolute atomic E-state index is 12.5. The molecule has 0 amide bonds. The molecule has 3 atom stereocenters. The molecule has 5 heteroatoms. The standard InChI is InChI=1S/C17H20NO3P/c1-3-20-22(19)18(15-7-5-4-6-8-15)16-11-9-14(10-12-16)17-13(2)21-17/h4-13,17,22H,3H2,1-2H3/t13-,17-/m1/s1. The first-order valence-corrected chi connectivity index (χ1v) is 8.74. The number of benzene rings is 2. The summed E-state index contributed by atoms with van der Waals surface area (Å²) >= 11 is 0. The van der Waals surface area contributed by atoms with Crippen molar-refractivity contribution < 1.29 is 13.8 Å². The molecule has 1 aliphatic heterocycles. The first kappa shape index (κ1) is 15.3. The monoisotopic (exact) mass is 317 g/mol. The Hall–Kier alpha value is -1.61. The lowest BCUT2D eigenvalue weighted by Gasteiger charge is -2.24. The van der Waals surface area contributed by atoms with E-state index >= 15 is 0 Å². The summed E-state index contributed by atoms with van der Waals surface area (Å²) in [5.41, 5.74) is 2.88. The number of para-hydroxylation sites is 1. The Kier molecular flexibility index (Phi) is 4.63. The summed E-state index contributed by atoms with van der Waals surface area (Å²) < 4.78 is 25.1. The zero-order valence-electron chi connectivity index (χ0n) is 12.7. The van der Waals surface area contributed by atoms with Gasteiger partial charge in [0, 0.05) is 11.4 Å². The Morgan fingerprint density at radius 2 is 1.68 bits per heavy atom. The molecule has 116 valence electrons. The third-order valence-corrected chi connectivity index (χ3v) is 5.07. The van der Waals surface area contributed by atoms with Gasteiger partial charge in [-0.05, 0) is 43.7 Å². The maximum atomic E-state index is 12.5. The van der Waals surface area contributed by atoms with Crippen LogP contribution < -0.4 is 4.67 Å². The Bertz CT molecular complexity index is 645. The van der Waals surface area contributed by atoms with E-state index in [0.29, 0.717) is 12.7 Å². The van der Waals surface area contributed by atoms with Gasteiger partial charge in [-0.1, -0.05) is 30.3 Å². The fourth-order valence-electron chi connectivity index (χ4n) is 2.47. The number of ether oxygens (including phenoxy) is 1. The molecule has 1 aliphatic rings. The minimum Gasteiger partial charge on any atom is -0.365 e. The molecule has 2 aromatic rings. The van der Waals surface area contributed by atoms with Gasteiger partial charge in [0.1, 0.15) is 6.10 Å². The van der Waals surface area contributed by atoms with Crippen LogP contribution in [0.15, 0.2) is 54.6 Å². The average molecular weight is 317 g/mol. The van der Waals surface area contributed by atoms with Crippen LogP contribution in [0.4, 0.5) is 11.4 Å². The predicted molar refractivity (Wildman–Crippen MR) is 88.9 cm³/mol. The number of anilines is 2. The van der Waals surface area contributed by atoms with Gasteiger partial charge in [-0.3, -0.25) is 9.24 Å². The number of hydrogen-bond donors (Lipinski definition) is 0. The van der Waals surface area contributed by atoms with E-state index in [4.69, 9.17) is 9.26 Å². The lowest BCUT2D eigenvalue weighted by molar-refractivity contribution is 0.350. The molecule has 4 nitrogen and oxygen atoms in total. The Labute approximate surface area is 131 Å². The maximum Gasteiger partial charge on any atom is 0.289 e. The summed E-state index contributed by atoms with van der Waals surface area (Å²) in [5, 5.41) is 0. The molecule has 22 heavy (non-hydrogen) atoms. The van der Waals surface area contributed by atoms with Crippen molar-refractivity contribution in [3.8, 4) is 0 Å². The molecule has 0 aromatic heterocycles. The molecule has 3 rings (SSSR count).